The summed E-state index contributed by atoms with van der Waals surface area (Å²) in [6, 6.07) is 1.06. The number of nitrogens with zero attached hydrogens (tertiary/aromatic N) is 1. The molecule has 0 saturated heterocycles. The van der Waals surface area contributed by atoms with Gasteiger partial charge in [0, 0.05) is 3.57 Å². The largest absolute Gasteiger partial charge is 0.476 e. The van der Waals surface area contributed by atoms with E-state index >= 15 is 0 Å². The Bertz CT molecular complexity index is 384. The molecule has 0 aliphatic rings. The van der Waals surface area contributed by atoms with Crippen molar-refractivity contribution in [2.75, 3.05) is 5.73 Å². The number of hydrogen-bond donors (Lipinski definition) is 2. The number of aromatic carboxylic acids is 1. The summed E-state index contributed by atoms with van der Waals surface area (Å²) in [5.74, 6) is -1.41. The fraction of sp³-hybridized carbons (Fsp3) is 0.143. The van der Waals surface area contributed by atoms with Crippen molar-refractivity contribution < 1.29 is 18.7 Å². The Balaban J connectivity index is 3.35. The minimum atomic E-state index is -2.80. The van der Waals surface area contributed by atoms with Gasteiger partial charge in [-0.1, -0.05) is 0 Å². The number of hydrogen-bond acceptors (Lipinski definition) is 3. The molecule has 1 rings (SSSR count). The maximum atomic E-state index is 12.2. The van der Waals surface area contributed by atoms with Crippen LogP contribution in [0.4, 0.5) is 14.5 Å². The SMILES string of the molecule is Nc1c(I)cc(C(F)F)nc1C(=O)O. The minimum absolute atomic E-state index is 0.0949. The molecule has 0 fully saturated rings. The minimum Gasteiger partial charge on any atom is -0.476 e. The van der Waals surface area contributed by atoms with Gasteiger partial charge < -0.3 is 10.8 Å². The number of anilines is 1. The second kappa shape index (κ2) is 4.03. The average Bonchev–Trinajstić information content (AvgIpc) is 2.08. The van der Waals surface area contributed by atoms with Gasteiger partial charge in [0.1, 0.15) is 5.69 Å². The zero-order chi connectivity index (χ0) is 10.9. The van der Waals surface area contributed by atoms with Crippen molar-refractivity contribution in [3.63, 3.8) is 0 Å². The lowest BCUT2D eigenvalue weighted by atomic mass is 10.2. The van der Waals surface area contributed by atoms with Crippen LogP contribution in [0.25, 0.3) is 0 Å². The van der Waals surface area contributed by atoms with E-state index in [0.717, 1.165) is 6.07 Å². The van der Waals surface area contributed by atoms with Crippen LogP contribution < -0.4 is 5.73 Å². The molecule has 0 atom stereocenters. The van der Waals surface area contributed by atoms with Gasteiger partial charge in [0.05, 0.1) is 5.69 Å². The van der Waals surface area contributed by atoms with Gasteiger partial charge in [-0.2, -0.15) is 0 Å². The normalized spacial score (nSPS) is 10.6. The summed E-state index contributed by atoms with van der Waals surface area (Å²) >= 11 is 1.68. The zero-order valence-electron chi connectivity index (χ0n) is 6.67. The van der Waals surface area contributed by atoms with E-state index in [4.69, 9.17) is 10.8 Å². The van der Waals surface area contributed by atoms with Crippen LogP contribution in [0.3, 0.4) is 0 Å². The summed E-state index contributed by atoms with van der Waals surface area (Å²) in [4.78, 5) is 13.8. The number of carboxylic acid groups (broad SMARTS) is 1. The fourth-order valence-corrected chi connectivity index (χ4v) is 1.39. The third-order valence-electron chi connectivity index (χ3n) is 1.45. The van der Waals surface area contributed by atoms with Crippen LogP contribution >= 0.6 is 22.6 Å². The number of halogens is 3. The maximum absolute atomic E-state index is 12.2. The van der Waals surface area contributed by atoms with Crippen LogP contribution in [0.1, 0.15) is 22.6 Å². The van der Waals surface area contributed by atoms with E-state index in [2.05, 4.69) is 4.98 Å². The molecule has 1 aromatic rings. The van der Waals surface area contributed by atoms with Crippen LogP contribution in [0.5, 0.6) is 0 Å². The Morgan fingerprint density at radius 3 is 2.64 bits per heavy atom. The van der Waals surface area contributed by atoms with Gasteiger partial charge in [-0.15, -0.1) is 0 Å². The van der Waals surface area contributed by atoms with E-state index in [1.807, 2.05) is 0 Å². The number of carboxylic acids is 1. The number of carbonyl (C=O) groups is 1. The van der Waals surface area contributed by atoms with Crippen molar-refractivity contribution in [3.05, 3.63) is 21.0 Å². The van der Waals surface area contributed by atoms with Crippen LogP contribution in [0, 0.1) is 3.57 Å². The number of nitrogens with two attached hydrogens (primary N) is 1. The van der Waals surface area contributed by atoms with Gasteiger partial charge in [0.2, 0.25) is 0 Å². The van der Waals surface area contributed by atoms with E-state index in [-0.39, 0.29) is 9.26 Å². The molecule has 0 spiro atoms. The van der Waals surface area contributed by atoms with Crippen molar-refractivity contribution in [3.8, 4) is 0 Å². The van der Waals surface area contributed by atoms with Crippen molar-refractivity contribution >= 4 is 34.2 Å². The lowest BCUT2D eigenvalue weighted by Gasteiger charge is -2.05. The highest BCUT2D eigenvalue weighted by molar-refractivity contribution is 14.1. The second-order valence-corrected chi connectivity index (χ2v) is 3.56. The number of pyridine rings is 1. The van der Waals surface area contributed by atoms with E-state index < -0.39 is 23.8 Å². The molecule has 76 valence electrons. The van der Waals surface area contributed by atoms with Gasteiger partial charge in [-0.05, 0) is 28.7 Å². The predicted molar refractivity (Wildman–Crippen MR) is 53.3 cm³/mol. The summed E-state index contributed by atoms with van der Waals surface area (Å²) in [6.45, 7) is 0. The molecule has 0 saturated carbocycles. The summed E-state index contributed by atoms with van der Waals surface area (Å²) in [5.41, 5.74) is 4.14. The lowest BCUT2D eigenvalue weighted by molar-refractivity contribution is 0.0690. The summed E-state index contributed by atoms with van der Waals surface area (Å²) in [5, 5.41) is 8.61. The smallest absolute Gasteiger partial charge is 0.356 e. The molecule has 0 radical (unpaired) electrons. The Hall–Kier alpha value is -0.990. The molecule has 1 heterocycles. The Labute approximate surface area is 91.3 Å². The first kappa shape index (κ1) is 11.1. The number of alkyl halides is 2. The molecule has 0 amide bonds. The van der Waals surface area contributed by atoms with E-state index in [0.29, 0.717) is 0 Å². The molecule has 1 aromatic heterocycles. The lowest BCUT2D eigenvalue weighted by Crippen LogP contribution is -2.09. The first-order valence-corrected chi connectivity index (χ1v) is 4.48. The first-order chi connectivity index (χ1) is 6.43. The Morgan fingerprint density at radius 2 is 2.21 bits per heavy atom. The van der Waals surface area contributed by atoms with Crippen LogP contribution in [-0.2, 0) is 0 Å². The van der Waals surface area contributed by atoms with Gasteiger partial charge >= 0.3 is 5.97 Å². The van der Waals surface area contributed by atoms with Crippen LogP contribution in [0.15, 0.2) is 6.07 Å². The third-order valence-corrected chi connectivity index (χ3v) is 2.35. The zero-order valence-corrected chi connectivity index (χ0v) is 8.83. The van der Waals surface area contributed by atoms with E-state index in [1.165, 1.54) is 0 Å². The summed E-state index contributed by atoms with van der Waals surface area (Å²) in [6.07, 6.45) is -2.80. The van der Waals surface area contributed by atoms with E-state index in [9.17, 15) is 13.6 Å². The molecule has 0 aliphatic heterocycles. The number of rotatable bonds is 2. The Kier molecular flexibility index (Phi) is 3.19. The molecular formula is C7H5F2IN2O2. The number of aromatic nitrogens is 1. The quantitative estimate of drug-likeness (QED) is 0.818. The van der Waals surface area contributed by atoms with Crippen molar-refractivity contribution in [1.29, 1.82) is 0 Å². The number of nitrogen functional groups attached to an aromatic ring is 1. The van der Waals surface area contributed by atoms with E-state index in [1.54, 1.807) is 22.6 Å². The average molecular weight is 314 g/mol. The van der Waals surface area contributed by atoms with Crippen molar-refractivity contribution in [1.82, 2.24) is 4.98 Å². The standard InChI is InChI=1S/C7H5F2IN2O2/c8-6(9)3-1-2(10)4(11)5(12-3)7(13)14/h1,6H,11H2,(H,13,14). The molecule has 14 heavy (non-hydrogen) atoms. The highest BCUT2D eigenvalue weighted by atomic mass is 127. The molecule has 4 nitrogen and oxygen atoms in total. The van der Waals surface area contributed by atoms with Gasteiger partial charge in [0.25, 0.3) is 6.43 Å². The van der Waals surface area contributed by atoms with Crippen molar-refractivity contribution in [2.45, 2.75) is 6.43 Å². The fourth-order valence-electron chi connectivity index (χ4n) is 0.817. The highest BCUT2D eigenvalue weighted by Gasteiger charge is 2.18. The van der Waals surface area contributed by atoms with Crippen LogP contribution in [-0.4, -0.2) is 16.1 Å². The highest BCUT2D eigenvalue weighted by Crippen LogP contribution is 2.24. The summed E-state index contributed by atoms with van der Waals surface area (Å²) < 4.78 is 24.7. The molecule has 0 aromatic carbocycles. The molecule has 7 heteroatoms. The molecular weight excluding hydrogens is 309 g/mol. The first-order valence-electron chi connectivity index (χ1n) is 3.41. The molecule has 0 unspecified atom stereocenters. The van der Waals surface area contributed by atoms with Gasteiger partial charge in [0.15, 0.2) is 5.69 Å². The van der Waals surface area contributed by atoms with Gasteiger partial charge in [-0.3, -0.25) is 0 Å². The maximum Gasteiger partial charge on any atom is 0.356 e. The predicted octanol–water partition coefficient (Wildman–Crippen LogP) is 1.90. The summed E-state index contributed by atoms with van der Waals surface area (Å²) in [7, 11) is 0. The Morgan fingerprint density at radius 1 is 1.64 bits per heavy atom. The molecule has 3 N–H and O–H groups in total. The van der Waals surface area contributed by atoms with Crippen molar-refractivity contribution in [2.24, 2.45) is 0 Å². The topological polar surface area (TPSA) is 76.2 Å². The van der Waals surface area contributed by atoms with Gasteiger partial charge in [-0.25, -0.2) is 18.6 Å². The molecule has 0 aliphatic carbocycles. The third kappa shape index (κ3) is 2.08. The second-order valence-electron chi connectivity index (χ2n) is 2.40. The molecule has 0 bridgehead atoms. The monoisotopic (exact) mass is 314 g/mol. The van der Waals surface area contributed by atoms with Crippen LogP contribution in [0.2, 0.25) is 0 Å².